The van der Waals surface area contributed by atoms with Crippen molar-refractivity contribution in [1.82, 2.24) is 0 Å². The highest BCUT2D eigenvalue weighted by atomic mass is 79.9. The molecule has 0 heterocycles. The van der Waals surface area contributed by atoms with E-state index in [9.17, 15) is 8.78 Å². The van der Waals surface area contributed by atoms with Gasteiger partial charge in [0.25, 0.3) is 0 Å². The Kier molecular flexibility index (Phi) is 4.58. The zero-order valence-electron chi connectivity index (χ0n) is 10.1. The van der Waals surface area contributed by atoms with Crippen LogP contribution in [0.3, 0.4) is 0 Å². The molecule has 2 aromatic carbocycles. The second-order valence-electron chi connectivity index (χ2n) is 4.16. The molecule has 1 unspecified atom stereocenters. The van der Waals surface area contributed by atoms with Crippen LogP contribution >= 0.6 is 31.9 Å². The van der Waals surface area contributed by atoms with E-state index >= 15 is 0 Å². The van der Waals surface area contributed by atoms with E-state index in [0.717, 1.165) is 10.0 Å². The van der Waals surface area contributed by atoms with Crippen molar-refractivity contribution in [3.05, 3.63) is 62.5 Å². The van der Waals surface area contributed by atoms with Crippen LogP contribution < -0.4 is 5.32 Å². The van der Waals surface area contributed by atoms with Gasteiger partial charge in [0.15, 0.2) is 0 Å². The SMILES string of the molecule is CC(Nc1cc(Br)ccc1F)c1ccc(F)cc1Br. The third-order valence-corrected chi connectivity index (χ3v) is 3.91. The van der Waals surface area contributed by atoms with Crippen LogP contribution in [0.1, 0.15) is 18.5 Å². The highest BCUT2D eigenvalue weighted by Gasteiger charge is 2.12. The van der Waals surface area contributed by atoms with Gasteiger partial charge in [0.1, 0.15) is 11.6 Å². The molecule has 0 fully saturated rings. The van der Waals surface area contributed by atoms with Crippen molar-refractivity contribution in [2.24, 2.45) is 0 Å². The smallest absolute Gasteiger partial charge is 0.146 e. The van der Waals surface area contributed by atoms with Gasteiger partial charge >= 0.3 is 0 Å². The summed E-state index contributed by atoms with van der Waals surface area (Å²) in [6.07, 6.45) is 0. The van der Waals surface area contributed by atoms with E-state index in [1.807, 2.05) is 6.92 Å². The van der Waals surface area contributed by atoms with Crippen LogP contribution in [0, 0.1) is 11.6 Å². The quantitative estimate of drug-likeness (QED) is 0.712. The van der Waals surface area contributed by atoms with Gasteiger partial charge in [-0.05, 0) is 42.8 Å². The molecule has 1 N–H and O–H groups in total. The van der Waals surface area contributed by atoms with E-state index in [1.165, 1.54) is 18.2 Å². The Morgan fingerprint density at radius 3 is 2.47 bits per heavy atom. The molecule has 2 rings (SSSR count). The molecule has 2 aromatic rings. The van der Waals surface area contributed by atoms with Crippen LogP contribution in [-0.2, 0) is 0 Å². The summed E-state index contributed by atoms with van der Waals surface area (Å²) in [5.74, 6) is -0.634. The lowest BCUT2D eigenvalue weighted by molar-refractivity contribution is 0.622. The Bertz CT molecular complexity index is 602. The second kappa shape index (κ2) is 6.01. The summed E-state index contributed by atoms with van der Waals surface area (Å²) < 4.78 is 28.1. The van der Waals surface area contributed by atoms with Crippen molar-refractivity contribution in [2.75, 3.05) is 5.32 Å². The number of rotatable bonds is 3. The molecule has 1 atom stereocenters. The maximum Gasteiger partial charge on any atom is 0.146 e. The molecule has 0 aliphatic rings. The molecule has 0 aliphatic heterocycles. The molecule has 0 amide bonds. The molecule has 5 heteroatoms. The molecule has 0 saturated heterocycles. The lowest BCUT2D eigenvalue weighted by atomic mass is 10.1. The summed E-state index contributed by atoms with van der Waals surface area (Å²) in [4.78, 5) is 0. The summed E-state index contributed by atoms with van der Waals surface area (Å²) in [7, 11) is 0. The number of anilines is 1. The zero-order valence-corrected chi connectivity index (χ0v) is 13.2. The van der Waals surface area contributed by atoms with E-state index < -0.39 is 0 Å². The zero-order chi connectivity index (χ0) is 14.0. The average Bonchev–Trinajstić information content (AvgIpc) is 2.33. The minimum Gasteiger partial charge on any atom is -0.376 e. The Labute approximate surface area is 127 Å². The molecular formula is C14H11Br2F2N. The maximum absolute atomic E-state index is 13.7. The van der Waals surface area contributed by atoms with Gasteiger partial charge in [0, 0.05) is 15.0 Å². The van der Waals surface area contributed by atoms with Crippen molar-refractivity contribution in [3.63, 3.8) is 0 Å². The van der Waals surface area contributed by atoms with E-state index in [2.05, 4.69) is 37.2 Å². The van der Waals surface area contributed by atoms with Crippen LogP contribution in [0.25, 0.3) is 0 Å². The number of hydrogen-bond acceptors (Lipinski definition) is 1. The molecule has 0 saturated carbocycles. The summed E-state index contributed by atoms with van der Waals surface area (Å²) in [6.45, 7) is 1.89. The van der Waals surface area contributed by atoms with Crippen LogP contribution in [0.4, 0.5) is 14.5 Å². The average molecular weight is 391 g/mol. The van der Waals surface area contributed by atoms with Crippen molar-refractivity contribution < 1.29 is 8.78 Å². The Morgan fingerprint density at radius 1 is 1.05 bits per heavy atom. The summed E-state index contributed by atoms with van der Waals surface area (Å²) >= 11 is 6.61. The van der Waals surface area contributed by atoms with Gasteiger partial charge in [-0.15, -0.1) is 0 Å². The van der Waals surface area contributed by atoms with Gasteiger partial charge in [0.2, 0.25) is 0 Å². The number of nitrogens with one attached hydrogen (secondary N) is 1. The third kappa shape index (κ3) is 3.54. The Hall–Kier alpha value is -0.940. The largest absolute Gasteiger partial charge is 0.376 e. The van der Waals surface area contributed by atoms with Crippen molar-refractivity contribution in [1.29, 1.82) is 0 Å². The fraction of sp³-hybridized carbons (Fsp3) is 0.143. The van der Waals surface area contributed by atoms with Gasteiger partial charge in [-0.2, -0.15) is 0 Å². The molecule has 1 nitrogen and oxygen atoms in total. The van der Waals surface area contributed by atoms with Gasteiger partial charge in [-0.25, -0.2) is 8.78 Å². The lowest BCUT2D eigenvalue weighted by Gasteiger charge is -2.18. The topological polar surface area (TPSA) is 12.0 Å². The van der Waals surface area contributed by atoms with Crippen LogP contribution in [-0.4, -0.2) is 0 Å². The lowest BCUT2D eigenvalue weighted by Crippen LogP contribution is -2.08. The Balaban J connectivity index is 2.25. The fourth-order valence-corrected chi connectivity index (χ4v) is 2.83. The van der Waals surface area contributed by atoms with Gasteiger partial charge in [-0.3, -0.25) is 0 Å². The van der Waals surface area contributed by atoms with E-state index in [4.69, 9.17) is 0 Å². The standard InChI is InChI=1S/C14H11Br2F2N/c1-8(11-4-3-10(17)7-12(11)16)19-14-6-9(15)2-5-13(14)18/h2-8,19H,1H3. The molecule has 19 heavy (non-hydrogen) atoms. The molecule has 0 radical (unpaired) electrons. The van der Waals surface area contributed by atoms with Crippen molar-refractivity contribution in [2.45, 2.75) is 13.0 Å². The predicted molar refractivity (Wildman–Crippen MR) is 80.2 cm³/mol. The molecule has 0 aliphatic carbocycles. The molecule has 100 valence electrons. The monoisotopic (exact) mass is 389 g/mol. The van der Waals surface area contributed by atoms with Gasteiger partial charge < -0.3 is 5.32 Å². The first-order valence-electron chi connectivity index (χ1n) is 5.64. The highest BCUT2D eigenvalue weighted by Crippen LogP contribution is 2.29. The highest BCUT2D eigenvalue weighted by molar-refractivity contribution is 9.10. The summed E-state index contributed by atoms with van der Waals surface area (Å²) in [5, 5.41) is 3.07. The molecule has 0 bridgehead atoms. The van der Waals surface area contributed by atoms with Crippen LogP contribution in [0.15, 0.2) is 45.3 Å². The number of benzene rings is 2. The predicted octanol–water partition coefficient (Wildman–Crippen LogP) is 5.66. The van der Waals surface area contributed by atoms with E-state index in [1.54, 1.807) is 18.2 Å². The number of halogens is 4. The van der Waals surface area contributed by atoms with Crippen LogP contribution in [0.2, 0.25) is 0 Å². The Morgan fingerprint density at radius 2 is 1.79 bits per heavy atom. The number of hydrogen-bond donors (Lipinski definition) is 1. The van der Waals surface area contributed by atoms with E-state index in [-0.39, 0.29) is 17.7 Å². The molecular weight excluding hydrogens is 380 g/mol. The van der Waals surface area contributed by atoms with Gasteiger partial charge in [-0.1, -0.05) is 37.9 Å². The summed E-state index contributed by atoms with van der Waals surface area (Å²) in [5.41, 5.74) is 1.26. The fourth-order valence-electron chi connectivity index (χ4n) is 1.77. The van der Waals surface area contributed by atoms with Crippen LogP contribution in [0.5, 0.6) is 0 Å². The first-order chi connectivity index (χ1) is 8.97. The minimum absolute atomic E-state index is 0.154. The van der Waals surface area contributed by atoms with Crippen molar-refractivity contribution in [3.8, 4) is 0 Å². The van der Waals surface area contributed by atoms with Gasteiger partial charge in [0.05, 0.1) is 5.69 Å². The van der Waals surface area contributed by atoms with Crippen molar-refractivity contribution >= 4 is 37.5 Å². The minimum atomic E-state index is -0.326. The maximum atomic E-state index is 13.7. The van der Waals surface area contributed by atoms with E-state index in [0.29, 0.717) is 10.2 Å². The first kappa shape index (κ1) is 14.5. The normalized spacial score (nSPS) is 12.3. The molecule has 0 aromatic heterocycles. The second-order valence-corrected chi connectivity index (χ2v) is 5.93. The first-order valence-corrected chi connectivity index (χ1v) is 7.22. The third-order valence-electron chi connectivity index (χ3n) is 2.73. The molecule has 0 spiro atoms. The summed E-state index contributed by atoms with van der Waals surface area (Å²) in [6, 6.07) is 8.99.